The lowest BCUT2D eigenvalue weighted by Gasteiger charge is -2.27. The Bertz CT molecular complexity index is 385. The smallest absolute Gasteiger partial charge is 0.271 e. The minimum atomic E-state index is -0.198. The van der Waals surface area contributed by atoms with E-state index in [0.29, 0.717) is 11.6 Å². The van der Waals surface area contributed by atoms with Gasteiger partial charge in [0.2, 0.25) is 0 Å². The fourth-order valence-corrected chi connectivity index (χ4v) is 3.04. The molecule has 1 aliphatic carbocycles. The standard InChI is InChI=1S/C11H15ClN2OS/c1-8-13-9(6-16-8)10(15)14-11(7-12)4-2-3-5-11/h6H,2-5,7H2,1H3,(H,14,15). The molecular formula is C11H15ClN2OS. The molecule has 88 valence electrons. The summed E-state index contributed by atoms with van der Waals surface area (Å²) in [5.41, 5.74) is 0.315. The van der Waals surface area contributed by atoms with E-state index in [2.05, 4.69) is 10.3 Å². The summed E-state index contributed by atoms with van der Waals surface area (Å²) in [4.78, 5) is 16.1. The highest BCUT2D eigenvalue weighted by Crippen LogP contribution is 2.31. The van der Waals surface area contributed by atoms with Gasteiger partial charge in [-0.1, -0.05) is 12.8 Å². The number of amides is 1. The van der Waals surface area contributed by atoms with Gasteiger partial charge in [-0.05, 0) is 19.8 Å². The molecule has 0 bridgehead atoms. The van der Waals surface area contributed by atoms with Gasteiger partial charge in [0.05, 0.1) is 10.5 Å². The van der Waals surface area contributed by atoms with E-state index >= 15 is 0 Å². The van der Waals surface area contributed by atoms with E-state index < -0.39 is 0 Å². The molecule has 1 saturated carbocycles. The minimum absolute atomic E-state index is 0.0908. The molecule has 0 unspecified atom stereocenters. The predicted octanol–water partition coefficient (Wildman–Crippen LogP) is 2.73. The van der Waals surface area contributed by atoms with E-state index in [0.717, 1.165) is 30.7 Å². The van der Waals surface area contributed by atoms with Gasteiger partial charge in [0.1, 0.15) is 5.69 Å². The monoisotopic (exact) mass is 258 g/mol. The summed E-state index contributed by atoms with van der Waals surface area (Å²) >= 11 is 7.46. The Labute approximate surface area is 104 Å². The van der Waals surface area contributed by atoms with Crippen LogP contribution < -0.4 is 5.32 Å². The van der Waals surface area contributed by atoms with Crippen molar-refractivity contribution in [3.8, 4) is 0 Å². The molecule has 3 nitrogen and oxygen atoms in total. The van der Waals surface area contributed by atoms with Crippen molar-refractivity contribution in [2.45, 2.75) is 38.1 Å². The van der Waals surface area contributed by atoms with E-state index in [4.69, 9.17) is 11.6 Å². The lowest BCUT2D eigenvalue weighted by Crippen LogP contribution is -2.48. The molecule has 1 aliphatic rings. The SMILES string of the molecule is Cc1nc(C(=O)NC2(CCl)CCCC2)cs1. The van der Waals surface area contributed by atoms with Gasteiger partial charge in [-0.15, -0.1) is 22.9 Å². The minimum Gasteiger partial charge on any atom is -0.344 e. The van der Waals surface area contributed by atoms with Crippen LogP contribution in [0, 0.1) is 6.92 Å². The quantitative estimate of drug-likeness (QED) is 0.847. The fraction of sp³-hybridized carbons (Fsp3) is 0.636. The van der Waals surface area contributed by atoms with E-state index in [1.165, 1.54) is 11.3 Å². The van der Waals surface area contributed by atoms with Crippen LogP contribution in [0.15, 0.2) is 5.38 Å². The van der Waals surface area contributed by atoms with Crippen LogP contribution in [-0.4, -0.2) is 22.3 Å². The highest BCUT2D eigenvalue weighted by atomic mass is 35.5. The van der Waals surface area contributed by atoms with Crippen LogP contribution in [0.1, 0.15) is 41.2 Å². The van der Waals surface area contributed by atoms with Gasteiger partial charge < -0.3 is 5.32 Å². The fourth-order valence-electron chi connectivity index (χ4n) is 2.12. The summed E-state index contributed by atoms with van der Waals surface area (Å²) in [6.07, 6.45) is 4.24. The predicted molar refractivity (Wildman–Crippen MR) is 66.2 cm³/mol. The summed E-state index contributed by atoms with van der Waals surface area (Å²) < 4.78 is 0. The van der Waals surface area contributed by atoms with E-state index in [1.807, 2.05) is 6.92 Å². The maximum atomic E-state index is 12.0. The molecule has 2 rings (SSSR count). The maximum Gasteiger partial charge on any atom is 0.271 e. The molecule has 0 aliphatic heterocycles. The zero-order chi connectivity index (χ0) is 11.6. The first-order valence-corrected chi connectivity index (χ1v) is 6.87. The second-order valence-corrected chi connectivity index (χ2v) is 5.66. The molecule has 0 atom stereocenters. The molecule has 1 aromatic rings. The summed E-state index contributed by atoms with van der Waals surface area (Å²) in [6.45, 7) is 1.90. The van der Waals surface area contributed by atoms with Crippen LogP contribution in [-0.2, 0) is 0 Å². The Morgan fingerprint density at radius 2 is 2.31 bits per heavy atom. The third-order valence-corrected chi connectivity index (χ3v) is 4.33. The van der Waals surface area contributed by atoms with Gasteiger partial charge in [-0.25, -0.2) is 4.98 Å². The normalized spacial score (nSPS) is 18.6. The first-order chi connectivity index (χ1) is 7.65. The number of nitrogens with zero attached hydrogens (tertiary/aromatic N) is 1. The van der Waals surface area contributed by atoms with E-state index in [9.17, 15) is 4.79 Å². The average molecular weight is 259 g/mol. The summed E-state index contributed by atoms with van der Waals surface area (Å²) in [7, 11) is 0. The Kier molecular flexibility index (Phi) is 3.50. The lowest BCUT2D eigenvalue weighted by molar-refractivity contribution is 0.0905. The Hall–Kier alpha value is -0.610. The Balaban J connectivity index is 2.06. The molecule has 0 saturated heterocycles. The van der Waals surface area contributed by atoms with E-state index in [1.54, 1.807) is 5.38 Å². The summed E-state index contributed by atoms with van der Waals surface area (Å²) in [5.74, 6) is 0.397. The number of rotatable bonds is 3. The number of thiazole rings is 1. The second kappa shape index (κ2) is 4.72. The van der Waals surface area contributed by atoms with Crippen molar-refractivity contribution < 1.29 is 4.79 Å². The molecule has 1 fully saturated rings. The van der Waals surface area contributed by atoms with Crippen molar-refractivity contribution in [1.82, 2.24) is 10.3 Å². The van der Waals surface area contributed by atoms with E-state index in [-0.39, 0.29) is 11.4 Å². The van der Waals surface area contributed by atoms with Crippen molar-refractivity contribution in [1.29, 1.82) is 0 Å². The molecule has 0 radical (unpaired) electrons. The van der Waals surface area contributed by atoms with Gasteiger partial charge in [-0.2, -0.15) is 0 Å². The third-order valence-electron chi connectivity index (χ3n) is 3.05. The number of hydrogen-bond acceptors (Lipinski definition) is 3. The zero-order valence-electron chi connectivity index (χ0n) is 9.25. The number of carbonyl (C=O) groups is 1. The largest absolute Gasteiger partial charge is 0.344 e. The highest BCUT2D eigenvalue weighted by Gasteiger charge is 2.34. The van der Waals surface area contributed by atoms with Crippen molar-refractivity contribution in [2.24, 2.45) is 0 Å². The second-order valence-electron chi connectivity index (χ2n) is 4.33. The average Bonchev–Trinajstić information content (AvgIpc) is 2.88. The van der Waals surface area contributed by atoms with Crippen LogP contribution in [0.25, 0.3) is 0 Å². The number of halogens is 1. The molecule has 1 amide bonds. The van der Waals surface area contributed by atoms with Crippen LogP contribution in [0.3, 0.4) is 0 Å². The molecule has 1 N–H and O–H groups in total. The Morgan fingerprint density at radius 1 is 1.62 bits per heavy atom. The van der Waals surface area contributed by atoms with Crippen molar-refractivity contribution in [2.75, 3.05) is 5.88 Å². The zero-order valence-corrected chi connectivity index (χ0v) is 10.8. The molecule has 0 spiro atoms. The van der Waals surface area contributed by atoms with Crippen molar-refractivity contribution in [3.05, 3.63) is 16.1 Å². The van der Waals surface area contributed by atoms with Crippen LogP contribution in [0.4, 0.5) is 0 Å². The molecule has 16 heavy (non-hydrogen) atoms. The topological polar surface area (TPSA) is 42.0 Å². The van der Waals surface area contributed by atoms with Crippen molar-refractivity contribution >= 4 is 28.8 Å². The maximum absolute atomic E-state index is 12.0. The highest BCUT2D eigenvalue weighted by molar-refractivity contribution is 7.09. The summed E-state index contributed by atoms with van der Waals surface area (Å²) in [6, 6.07) is 0. The first-order valence-electron chi connectivity index (χ1n) is 5.46. The Morgan fingerprint density at radius 3 is 2.81 bits per heavy atom. The number of nitrogens with one attached hydrogen (secondary N) is 1. The van der Waals surface area contributed by atoms with Crippen molar-refractivity contribution in [3.63, 3.8) is 0 Å². The van der Waals surface area contributed by atoms with Crippen LogP contribution >= 0.6 is 22.9 Å². The lowest BCUT2D eigenvalue weighted by atomic mass is 10.0. The molecule has 1 aromatic heterocycles. The number of aryl methyl sites for hydroxylation is 1. The van der Waals surface area contributed by atoms with Crippen LogP contribution in [0.5, 0.6) is 0 Å². The van der Waals surface area contributed by atoms with Gasteiger partial charge in [0, 0.05) is 11.3 Å². The van der Waals surface area contributed by atoms with Gasteiger partial charge >= 0.3 is 0 Å². The van der Waals surface area contributed by atoms with Gasteiger partial charge in [0.15, 0.2) is 0 Å². The number of aromatic nitrogens is 1. The summed E-state index contributed by atoms with van der Waals surface area (Å²) in [5, 5.41) is 5.75. The number of alkyl halides is 1. The molecule has 1 heterocycles. The molecule has 5 heteroatoms. The molecular weight excluding hydrogens is 244 g/mol. The number of hydrogen-bond donors (Lipinski definition) is 1. The molecule has 0 aromatic carbocycles. The first kappa shape index (κ1) is 11.9. The third kappa shape index (κ3) is 2.38. The van der Waals surface area contributed by atoms with Gasteiger partial charge in [0.25, 0.3) is 5.91 Å². The van der Waals surface area contributed by atoms with Crippen LogP contribution in [0.2, 0.25) is 0 Å². The number of carbonyl (C=O) groups excluding carboxylic acids is 1. The van der Waals surface area contributed by atoms with Gasteiger partial charge in [-0.3, -0.25) is 4.79 Å².